The molecule has 0 aromatic heterocycles. The maximum Gasteiger partial charge on any atom is 0.323 e. The number of benzene rings is 2. The van der Waals surface area contributed by atoms with Crippen molar-refractivity contribution >= 4 is 23.2 Å². The average Bonchev–Trinajstić information content (AvgIpc) is 3.29. The number of carbonyl (C=O) groups is 2. The lowest BCUT2D eigenvalue weighted by Gasteiger charge is -2.46. The van der Waals surface area contributed by atoms with Crippen LogP contribution in [0.15, 0.2) is 48.5 Å². The molecule has 5 nitrogen and oxygen atoms in total. The Bertz CT molecular complexity index is 1090. The Balaban J connectivity index is 1.39. The molecule has 1 saturated carbocycles. The number of halogens is 2. The number of carbonyl (C=O) groups excluding carboxylic acids is 2. The second-order valence-electron chi connectivity index (χ2n) is 8.72. The van der Waals surface area contributed by atoms with Gasteiger partial charge in [-0.2, -0.15) is 0 Å². The Morgan fingerprint density at radius 2 is 1.81 bits per heavy atom. The maximum absolute atomic E-state index is 14.9. The largest absolute Gasteiger partial charge is 0.337 e. The fourth-order valence-electron chi connectivity index (χ4n) is 5.37. The summed E-state index contributed by atoms with van der Waals surface area (Å²) < 4.78 is 29.0. The molecule has 0 atom stereocenters. The van der Waals surface area contributed by atoms with E-state index in [1.807, 2.05) is 24.3 Å². The summed E-state index contributed by atoms with van der Waals surface area (Å²) in [5.74, 6) is -2.06. The minimum absolute atomic E-state index is 0.157. The molecule has 166 valence electrons. The molecule has 0 bridgehead atoms. The maximum atomic E-state index is 14.9. The number of amides is 3. The van der Waals surface area contributed by atoms with E-state index in [9.17, 15) is 18.4 Å². The quantitative estimate of drug-likeness (QED) is 0.743. The predicted molar refractivity (Wildman–Crippen MR) is 118 cm³/mol. The van der Waals surface area contributed by atoms with Crippen LogP contribution < -0.4 is 5.32 Å². The number of hydrogen-bond acceptors (Lipinski definition) is 2. The van der Waals surface area contributed by atoms with Crippen molar-refractivity contribution in [2.75, 3.05) is 25.0 Å². The van der Waals surface area contributed by atoms with Crippen LogP contribution in [0.5, 0.6) is 0 Å². The van der Waals surface area contributed by atoms with E-state index >= 15 is 0 Å². The van der Waals surface area contributed by atoms with Crippen molar-refractivity contribution in [3.63, 3.8) is 0 Å². The molecule has 2 aromatic rings. The molecule has 2 aliphatic heterocycles. The Morgan fingerprint density at radius 1 is 1.06 bits per heavy atom. The first-order valence-corrected chi connectivity index (χ1v) is 11.1. The molecular weight excluding hydrogens is 412 g/mol. The van der Waals surface area contributed by atoms with Gasteiger partial charge in [-0.25, -0.2) is 13.6 Å². The van der Waals surface area contributed by atoms with E-state index in [0.717, 1.165) is 30.9 Å². The van der Waals surface area contributed by atoms with Crippen LogP contribution >= 0.6 is 0 Å². The molecule has 2 heterocycles. The molecule has 0 saturated heterocycles. The minimum atomic E-state index is -0.986. The van der Waals surface area contributed by atoms with Crippen molar-refractivity contribution in [2.24, 2.45) is 0 Å². The van der Waals surface area contributed by atoms with Gasteiger partial charge in [0.15, 0.2) is 11.6 Å². The summed E-state index contributed by atoms with van der Waals surface area (Å²) in [6, 6.07) is 12.1. The molecule has 7 heteroatoms. The van der Waals surface area contributed by atoms with E-state index in [-0.39, 0.29) is 18.0 Å². The summed E-state index contributed by atoms with van der Waals surface area (Å²) in [4.78, 5) is 29.3. The van der Waals surface area contributed by atoms with E-state index in [0.29, 0.717) is 31.6 Å². The van der Waals surface area contributed by atoms with Gasteiger partial charge in [-0.3, -0.25) is 4.79 Å². The van der Waals surface area contributed by atoms with Crippen molar-refractivity contribution in [3.8, 4) is 0 Å². The zero-order valence-electron chi connectivity index (χ0n) is 17.7. The molecule has 0 radical (unpaired) electrons. The third-order valence-electron chi connectivity index (χ3n) is 6.99. The SMILES string of the molecule is O=C(CN1C(=O)Nc2ccc(F)c(F)c2C12CCCC2)N1CC=C(c2ccccc2)CC1. The van der Waals surface area contributed by atoms with Crippen molar-refractivity contribution < 1.29 is 18.4 Å². The summed E-state index contributed by atoms with van der Waals surface area (Å²) in [7, 11) is 0. The van der Waals surface area contributed by atoms with Crippen molar-refractivity contribution in [3.05, 3.63) is 71.3 Å². The van der Waals surface area contributed by atoms with Gasteiger partial charge in [0.25, 0.3) is 0 Å². The lowest BCUT2D eigenvalue weighted by atomic mass is 9.83. The van der Waals surface area contributed by atoms with Crippen LogP contribution in [0.2, 0.25) is 0 Å². The van der Waals surface area contributed by atoms with Gasteiger partial charge < -0.3 is 15.1 Å². The molecule has 1 fully saturated rings. The third kappa shape index (κ3) is 3.36. The van der Waals surface area contributed by atoms with Crippen LogP contribution in [0.3, 0.4) is 0 Å². The van der Waals surface area contributed by atoms with E-state index in [1.165, 1.54) is 16.5 Å². The number of fused-ring (bicyclic) bond motifs is 2. The number of nitrogens with zero attached hydrogens (tertiary/aromatic N) is 2. The van der Waals surface area contributed by atoms with E-state index in [2.05, 4.69) is 17.4 Å². The number of anilines is 1. The third-order valence-corrected chi connectivity index (χ3v) is 6.99. The predicted octanol–water partition coefficient (Wildman–Crippen LogP) is 4.90. The highest BCUT2D eigenvalue weighted by molar-refractivity contribution is 5.96. The number of nitrogens with one attached hydrogen (secondary N) is 1. The first-order valence-electron chi connectivity index (χ1n) is 11.1. The highest BCUT2D eigenvalue weighted by Gasteiger charge is 2.51. The fourth-order valence-corrected chi connectivity index (χ4v) is 5.37. The van der Waals surface area contributed by atoms with E-state index in [4.69, 9.17) is 0 Å². The zero-order chi connectivity index (χ0) is 22.3. The molecule has 2 aromatic carbocycles. The van der Waals surface area contributed by atoms with E-state index < -0.39 is 23.2 Å². The second-order valence-corrected chi connectivity index (χ2v) is 8.72. The van der Waals surface area contributed by atoms with Crippen molar-refractivity contribution in [1.29, 1.82) is 0 Å². The summed E-state index contributed by atoms with van der Waals surface area (Å²) in [6.07, 6.45) is 5.39. The molecule has 1 N–H and O–H groups in total. The van der Waals surface area contributed by atoms with Gasteiger partial charge in [-0.15, -0.1) is 0 Å². The molecule has 5 rings (SSSR count). The number of rotatable bonds is 3. The summed E-state index contributed by atoms with van der Waals surface area (Å²) >= 11 is 0. The Kier molecular flexibility index (Phi) is 5.19. The van der Waals surface area contributed by atoms with Gasteiger partial charge in [0.1, 0.15) is 6.54 Å². The lowest BCUT2D eigenvalue weighted by Crippen LogP contribution is -2.57. The molecule has 1 aliphatic carbocycles. The fraction of sp³-hybridized carbons (Fsp3) is 0.360. The first kappa shape index (κ1) is 20.7. The van der Waals surface area contributed by atoms with Gasteiger partial charge in [-0.1, -0.05) is 49.2 Å². The number of urea groups is 1. The molecule has 3 amide bonds. The molecule has 3 aliphatic rings. The van der Waals surface area contributed by atoms with Gasteiger partial charge >= 0.3 is 6.03 Å². The summed E-state index contributed by atoms with van der Waals surface area (Å²) in [5, 5.41) is 2.66. The van der Waals surface area contributed by atoms with Crippen LogP contribution in [0.1, 0.15) is 43.2 Å². The zero-order valence-corrected chi connectivity index (χ0v) is 17.7. The highest BCUT2D eigenvalue weighted by atomic mass is 19.2. The second kappa shape index (κ2) is 8.04. The first-order chi connectivity index (χ1) is 15.5. The van der Waals surface area contributed by atoms with Gasteiger partial charge in [0.05, 0.1) is 11.2 Å². The van der Waals surface area contributed by atoms with Crippen molar-refractivity contribution in [1.82, 2.24) is 9.80 Å². The minimum Gasteiger partial charge on any atom is -0.337 e. The molecular formula is C25H25F2N3O2. The highest BCUT2D eigenvalue weighted by Crippen LogP contribution is 2.50. The molecule has 0 unspecified atom stereocenters. The smallest absolute Gasteiger partial charge is 0.323 e. The lowest BCUT2D eigenvalue weighted by molar-refractivity contribution is -0.132. The van der Waals surface area contributed by atoms with Gasteiger partial charge in [0, 0.05) is 18.7 Å². The monoisotopic (exact) mass is 437 g/mol. The van der Waals surface area contributed by atoms with Crippen LogP contribution in [0.25, 0.3) is 5.57 Å². The Morgan fingerprint density at radius 3 is 2.50 bits per heavy atom. The average molecular weight is 437 g/mol. The van der Waals surface area contributed by atoms with Gasteiger partial charge in [-0.05, 0) is 42.5 Å². The topological polar surface area (TPSA) is 52.7 Å². The van der Waals surface area contributed by atoms with Crippen LogP contribution in [-0.4, -0.2) is 41.4 Å². The van der Waals surface area contributed by atoms with Crippen LogP contribution in [0.4, 0.5) is 19.3 Å². The van der Waals surface area contributed by atoms with Crippen molar-refractivity contribution in [2.45, 2.75) is 37.6 Å². The Labute approximate surface area is 185 Å². The van der Waals surface area contributed by atoms with Crippen LogP contribution in [-0.2, 0) is 10.3 Å². The van der Waals surface area contributed by atoms with Crippen LogP contribution in [0, 0.1) is 11.6 Å². The number of hydrogen-bond donors (Lipinski definition) is 1. The normalized spacial score (nSPS) is 19.6. The van der Waals surface area contributed by atoms with E-state index in [1.54, 1.807) is 4.90 Å². The summed E-state index contributed by atoms with van der Waals surface area (Å²) in [6.45, 7) is 0.864. The standard InChI is InChI=1S/C25H25F2N3O2/c26-19-8-9-20-22(23(19)27)25(12-4-5-13-25)30(24(32)28-20)16-21(31)29-14-10-18(11-15-29)17-6-2-1-3-7-17/h1-3,6-10H,4-5,11-16H2,(H,28,32). The van der Waals surface area contributed by atoms with Gasteiger partial charge in [0.2, 0.25) is 5.91 Å². The molecule has 1 spiro atoms. The molecule has 32 heavy (non-hydrogen) atoms. The Hall–Kier alpha value is -3.22. The summed E-state index contributed by atoms with van der Waals surface area (Å²) in [5.41, 5.74) is 1.83.